The van der Waals surface area contributed by atoms with Gasteiger partial charge in [-0.15, -0.1) is 0 Å². The van der Waals surface area contributed by atoms with Crippen molar-refractivity contribution in [3.63, 3.8) is 0 Å². The van der Waals surface area contributed by atoms with Crippen molar-refractivity contribution in [1.82, 2.24) is 19.9 Å². The number of imidazole rings is 1. The first-order valence-electron chi connectivity index (χ1n) is 4.58. The van der Waals surface area contributed by atoms with Gasteiger partial charge in [0.2, 0.25) is 5.91 Å². The van der Waals surface area contributed by atoms with E-state index in [1.54, 1.807) is 0 Å². The zero-order valence-electron chi connectivity index (χ0n) is 8.80. The Morgan fingerprint density at radius 3 is 3.06 bits per heavy atom. The molecule has 8 nitrogen and oxygen atoms in total. The standard InChI is InChI=1S/C8H10N6O2.Y/c9-2-1-4(15)12-7-5-6(11-3-10-5)13-8(16)14-7;/h3H,1-2,9H2,(H3,10,11,12,13,14,15,16);/p-1. The number of carbonyl (C=O) groups is 1. The fraction of sp³-hybridized carbons (Fsp3) is 0.250. The third kappa shape index (κ3) is 3.18. The fourth-order valence-electron chi connectivity index (χ4n) is 1.23. The number of nitrogens with one attached hydrogen (secondary N) is 2. The first-order valence-corrected chi connectivity index (χ1v) is 4.58. The first kappa shape index (κ1) is 13.9. The molecule has 0 aliphatic carbocycles. The number of hydrogen-bond donors (Lipinski definition) is 3. The minimum Gasteiger partial charge on any atom is -0.366 e. The molecule has 0 saturated carbocycles. The van der Waals surface area contributed by atoms with E-state index < -0.39 is 5.69 Å². The Labute approximate surface area is 121 Å². The summed E-state index contributed by atoms with van der Waals surface area (Å²) < 4.78 is 0. The smallest absolute Gasteiger partial charge is 0.291 e. The van der Waals surface area contributed by atoms with Crippen LogP contribution in [0.4, 0.5) is 5.82 Å². The summed E-state index contributed by atoms with van der Waals surface area (Å²) in [6, 6.07) is 0. The number of amides is 1. The fourth-order valence-corrected chi connectivity index (χ4v) is 1.23. The van der Waals surface area contributed by atoms with Crippen LogP contribution in [-0.2, 0) is 37.5 Å². The van der Waals surface area contributed by atoms with Crippen LogP contribution >= 0.6 is 0 Å². The van der Waals surface area contributed by atoms with Crippen LogP contribution in [0.2, 0.25) is 0 Å². The van der Waals surface area contributed by atoms with Gasteiger partial charge in [-0.3, -0.25) is 9.59 Å². The molecule has 1 amide bonds. The average Bonchev–Trinajstić information content (AvgIpc) is 2.65. The van der Waals surface area contributed by atoms with Gasteiger partial charge < -0.3 is 26.0 Å². The van der Waals surface area contributed by atoms with Crippen molar-refractivity contribution >= 4 is 22.9 Å². The van der Waals surface area contributed by atoms with Crippen molar-refractivity contribution in [3.05, 3.63) is 16.8 Å². The predicted octanol–water partition coefficient (Wildman–Crippen LogP) is -1.44. The number of hydrogen-bond acceptors (Lipinski definition) is 5. The number of nitrogens with two attached hydrogens (primary N) is 1. The summed E-state index contributed by atoms with van der Waals surface area (Å²) in [4.78, 5) is 36.1. The number of fused-ring (bicyclic) bond motifs is 1. The molecule has 0 aliphatic heterocycles. The van der Waals surface area contributed by atoms with E-state index in [1.165, 1.54) is 6.33 Å². The van der Waals surface area contributed by atoms with Gasteiger partial charge in [0, 0.05) is 56.8 Å². The summed E-state index contributed by atoms with van der Waals surface area (Å²) in [6.45, 7) is 0.227. The molecule has 0 atom stereocenters. The summed E-state index contributed by atoms with van der Waals surface area (Å²) in [6.07, 6.45) is 1.44. The topological polar surface area (TPSA) is 128 Å². The second-order valence-electron chi connectivity index (χ2n) is 3.05. The maximum Gasteiger partial charge on any atom is 0.291 e. The predicted molar refractivity (Wildman–Crippen MR) is 55.8 cm³/mol. The van der Waals surface area contributed by atoms with Gasteiger partial charge in [-0.1, -0.05) is 0 Å². The van der Waals surface area contributed by atoms with Gasteiger partial charge in [-0.2, -0.15) is 4.98 Å². The number of aromatic nitrogens is 4. The van der Waals surface area contributed by atoms with E-state index in [0.29, 0.717) is 11.2 Å². The quantitative estimate of drug-likeness (QED) is 0.637. The van der Waals surface area contributed by atoms with Gasteiger partial charge >= 0.3 is 0 Å². The Morgan fingerprint density at radius 1 is 1.59 bits per heavy atom. The number of anilines is 1. The Bertz CT molecular complexity index is 577. The zero-order valence-corrected chi connectivity index (χ0v) is 11.6. The van der Waals surface area contributed by atoms with E-state index in [2.05, 4.69) is 25.3 Å². The molecule has 0 aromatic carbocycles. The molecule has 0 fully saturated rings. The summed E-state index contributed by atoms with van der Waals surface area (Å²) in [5.41, 5.74) is 5.29. The van der Waals surface area contributed by atoms with Crippen molar-refractivity contribution in [1.29, 1.82) is 0 Å². The summed E-state index contributed by atoms with van der Waals surface area (Å²) in [7, 11) is 0. The second kappa shape index (κ2) is 5.99. The maximum atomic E-state index is 11.3. The molecule has 1 radical (unpaired) electrons. The summed E-state index contributed by atoms with van der Waals surface area (Å²) in [5.74, 6) is -0.209. The van der Waals surface area contributed by atoms with Gasteiger partial charge in [0.05, 0.1) is 0 Å². The van der Waals surface area contributed by atoms with Crippen LogP contribution in [0.3, 0.4) is 0 Å². The maximum absolute atomic E-state index is 11.3. The third-order valence-corrected chi connectivity index (χ3v) is 1.89. The van der Waals surface area contributed by atoms with E-state index in [9.17, 15) is 9.59 Å². The number of nitrogens with zero attached hydrogens (tertiary/aromatic N) is 3. The molecule has 9 heteroatoms. The van der Waals surface area contributed by atoms with E-state index in [4.69, 9.17) is 5.73 Å². The molecule has 2 aromatic rings. The SMILES string of the molecule is NCCC(=O)Nc1nc(=O)[nH]c2[n-]cnc12.[Y]. The molecule has 2 heterocycles. The molecule has 0 aliphatic rings. The molecule has 0 unspecified atom stereocenters. The number of aromatic amines is 1. The molecular weight excluding hydrogens is 301 g/mol. The monoisotopic (exact) mass is 310 g/mol. The first-order chi connectivity index (χ1) is 7.70. The molecule has 0 spiro atoms. The molecule has 0 bridgehead atoms. The third-order valence-electron chi connectivity index (χ3n) is 1.89. The molecule has 2 rings (SSSR count). The second-order valence-corrected chi connectivity index (χ2v) is 3.05. The van der Waals surface area contributed by atoms with Gasteiger partial charge in [-0.25, -0.2) is 0 Å². The van der Waals surface area contributed by atoms with Crippen molar-refractivity contribution < 1.29 is 37.5 Å². The van der Waals surface area contributed by atoms with Crippen LogP contribution in [0.25, 0.3) is 11.2 Å². The number of rotatable bonds is 3. The van der Waals surface area contributed by atoms with E-state index >= 15 is 0 Å². The molecular formula is C8H9N6O2Y-. The molecule has 2 aromatic heterocycles. The molecule has 17 heavy (non-hydrogen) atoms. The zero-order chi connectivity index (χ0) is 11.5. The van der Waals surface area contributed by atoms with Gasteiger partial charge in [0.1, 0.15) is 5.82 Å². The molecule has 4 N–H and O–H groups in total. The van der Waals surface area contributed by atoms with Crippen molar-refractivity contribution in [2.75, 3.05) is 11.9 Å². The Kier molecular flexibility index (Phi) is 4.91. The van der Waals surface area contributed by atoms with Gasteiger partial charge in [0.15, 0.2) is 0 Å². The van der Waals surface area contributed by atoms with Crippen LogP contribution in [-0.4, -0.2) is 27.4 Å². The van der Waals surface area contributed by atoms with E-state index in [1.807, 2.05) is 0 Å². The molecule has 0 saturated heterocycles. The largest absolute Gasteiger partial charge is 0.366 e. The van der Waals surface area contributed by atoms with Crippen LogP contribution in [0.1, 0.15) is 6.42 Å². The van der Waals surface area contributed by atoms with Gasteiger partial charge in [-0.05, 0) is 6.33 Å². The van der Waals surface area contributed by atoms with Crippen molar-refractivity contribution in [3.8, 4) is 0 Å². The summed E-state index contributed by atoms with van der Waals surface area (Å²) in [5, 5.41) is 2.46. The van der Waals surface area contributed by atoms with Crippen molar-refractivity contribution in [2.24, 2.45) is 5.73 Å². The van der Waals surface area contributed by atoms with Crippen LogP contribution in [0.5, 0.6) is 0 Å². The summed E-state index contributed by atoms with van der Waals surface area (Å²) >= 11 is 0. The minimum absolute atomic E-state index is 0. The number of carbonyl (C=O) groups excluding carboxylic acids is 1. The Morgan fingerprint density at radius 2 is 2.35 bits per heavy atom. The van der Waals surface area contributed by atoms with Crippen LogP contribution < -0.4 is 21.7 Å². The number of H-pyrrole nitrogens is 1. The van der Waals surface area contributed by atoms with E-state index in [-0.39, 0.29) is 57.4 Å². The van der Waals surface area contributed by atoms with Crippen molar-refractivity contribution in [2.45, 2.75) is 6.42 Å². The van der Waals surface area contributed by atoms with E-state index in [0.717, 1.165) is 0 Å². The molecule has 87 valence electrons. The Hall–Kier alpha value is -1.12. The Balaban J connectivity index is 0.00000144. The van der Waals surface area contributed by atoms with Gasteiger partial charge in [0.25, 0.3) is 5.69 Å². The minimum atomic E-state index is -0.587. The normalized spacial score (nSPS) is 9.94. The van der Waals surface area contributed by atoms with Crippen LogP contribution in [0.15, 0.2) is 11.1 Å². The van der Waals surface area contributed by atoms with Crippen LogP contribution in [0, 0.1) is 0 Å². The average molecular weight is 310 g/mol.